The van der Waals surface area contributed by atoms with E-state index in [2.05, 4.69) is 71.9 Å². The fourth-order valence-corrected chi connectivity index (χ4v) is 4.09. The van der Waals surface area contributed by atoms with Crippen LogP contribution >= 0.6 is 0 Å². The summed E-state index contributed by atoms with van der Waals surface area (Å²) in [5.74, 6) is 2.51. The summed E-state index contributed by atoms with van der Waals surface area (Å²) in [6.07, 6.45) is 24.9. The van der Waals surface area contributed by atoms with Crippen molar-refractivity contribution in [3.8, 4) is 0 Å². The third-order valence-electron chi connectivity index (χ3n) is 5.70. The molecule has 0 saturated carbocycles. The molecule has 0 nitrogen and oxygen atoms in total. The van der Waals surface area contributed by atoms with Crippen LogP contribution in [0.4, 0.5) is 0 Å². The van der Waals surface area contributed by atoms with Gasteiger partial charge in [-0.2, -0.15) is 0 Å². The van der Waals surface area contributed by atoms with E-state index in [0.29, 0.717) is 0 Å². The Kier molecular flexibility index (Phi) is 20.0. The average Bonchev–Trinajstić information content (AvgIpc) is 2.63. The maximum Gasteiger partial charge on any atom is -0.0159 e. The number of unbranched alkanes of at least 4 members (excludes halogenated alkanes) is 3. The molecule has 0 amide bonds. The van der Waals surface area contributed by atoms with Crippen LogP contribution in [-0.4, -0.2) is 0 Å². The van der Waals surface area contributed by atoms with Crippen molar-refractivity contribution in [3.63, 3.8) is 0 Å². The molecular formula is C26H50. The van der Waals surface area contributed by atoms with Gasteiger partial charge in [-0.05, 0) is 50.0 Å². The van der Waals surface area contributed by atoms with Crippen molar-refractivity contribution in [3.05, 3.63) is 36.0 Å². The zero-order valence-corrected chi connectivity index (χ0v) is 18.2. The zero-order chi connectivity index (χ0) is 18.9. The van der Waals surface area contributed by atoms with E-state index < -0.39 is 0 Å². The van der Waals surface area contributed by atoms with E-state index >= 15 is 0 Å². The second-order valence-electron chi connectivity index (χ2n) is 7.60. The fraction of sp³-hybridized carbons (Fsp3) is 0.769. The highest BCUT2D eigenvalue weighted by molar-refractivity contribution is 5.26. The topological polar surface area (TPSA) is 0 Å². The normalized spacial score (nSPS) is 16.0. The molecule has 0 saturated heterocycles. The molecule has 0 spiro atoms. The molecule has 0 heterocycles. The lowest BCUT2D eigenvalue weighted by atomic mass is 9.75. The van der Waals surface area contributed by atoms with E-state index in [1.807, 2.05) is 0 Å². The largest absolute Gasteiger partial charge is 0.0877 e. The highest BCUT2D eigenvalue weighted by atomic mass is 14.3. The first kappa shape index (κ1) is 27.4. The van der Waals surface area contributed by atoms with E-state index in [-0.39, 0.29) is 7.43 Å². The van der Waals surface area contributed by atoms with Crippen molar-refractivity contribution in [2.24, 2.45) is 17.8 Å². The summed E-state index contributed by atoms with van der Waals surface area (Å²) < 4.78 is 0. The Bertz CT molecular complexity index is 371. The summed E-state index contributed by atoms with van der Waals surface area (Å²) in [5, 5.41) is 0. The summed E-state index contributed by atoms with van der Waals surface area (Å²) in [4.78, 5) is 0. The van der Waals surface area contributed by atoms with Crippen molar-refractivity contribution in [2.45, 2.75) is 113 Å². The molecule has 0 aliphatic heterocycles. The third kappa shape index (κ3) is 11.8. The lowest BCUT2D eigenvalue weighted by Crippen LogP contribution is -2.19. The van der Waals surface area contributed by atoms with Crippen LogP contribution in [0.1, 0.15) is 113 Å². The molecule has 0 heteroatoms. The van der Waals surface area contributed by atoms with E-state index in [4.69, 9.17) is 0 Å². The van der Waals surface area contributed by atoms with Crippen LogP contribution in [0.25, 0.3) is 0 Å². The molecule has 0 aliphatic rings. The van der Waals surface area contributed by atoms with Crippen LogP contribution in [0.5, 0.6) is 0 Å². The molecule has 0 fully saturated rings. The first-order valence-electron chi connectivity index (χ1n) is 11.1. The molecule has 26 heavy (non-hydrogen) atoms. The average molecular weight is 363 g/mol. The Morgan fingerprint density at radius 2 is 1.42 bits per heavy atom. The molecule has 0 aromatic carbocycles. The van der Waals surface area contributed by atoms with Gasteiger partial charge in [0.25, 0.3) is 0 Å². The van der Waals surface area contributed by atoms with Gasteiger partial charge in [-0.25, -0.2) is 0 Å². The smallest absolute Gasteiger partial charge is 0.0159 e. The van der Waals surface area contributed by atoms with Crippen LogP contribution in [0.3, 0.4) is 0 Å². The molecule has 3 atom stereocenters. The van der Waals surface area contributed by atoms with Crippen molar-refractivity contribution in [1.82, 2.24) is 0 Å². The minimum Gasteiger partial charge on any atom is -0.0877 e. The Morgan fingerprint density at radius 1 is 0.769 bits per heavy atom. The van der Waals surface area contributed by atoms with Gasteiger partial charge in [0, 0.05) is 0 Å². The zero-order valence-electron chi connectivity index (χ0n) is 18.2. The number of hydrogen-bond donors (Lipinski definition) is 0. The molecule has 0 aromatic rings. The number of rotatable bonds is 15. The lowest BCUT2D eigenvalue weighted by Gasteiger charge is -2.30. The summed E-state index contributed by atoms with van der Waals surface area (Å²) in [7, 11) is 0. The van der Waals surface area contributed by atoms with Gasteiger partial charge in [0.05, 0.1) is 0 Å². The Hall–Kier alpha value is -0.780. The summed E-state index contributed by atoms with van der Waals surface area (Å²) in [6, 6.07) is 0. The molecule has 0 bridgehead atoms. The van der Waals surface area contributed by atoms with Crippen molar-refractivity contribution in [1.29, 1.82) is 0 Å². The summed E-state index contributed by atoms with van der Waals surface area (Å²) in [5.41, 5.74) is 1.54. The predicted molar refractivity (Wildman–Crippen MR) is 124 cm³/mol. The van der Waals surface area contributed by atoms with Gasteiger partial charge in [-0.1, -0.05) is 117 Å². The molecule has 0 N–H and O–H groups in total. The Labute approximate surface area is 167 Å². The predicted octanol–water partition coefficient (Wildman–Crippen LogP) is 9.53. The number of hydrogen-bond acceptors (Lipinski definition) is 0. The minimum absolute atomic E-state index is 0. The van der Waals surface area contributed by atoms with Crippen LogP contribution in [-0.2, 0) is 0 Å². The highest BCUT2D eigenvalue weighted by Gasteiger charge is 2.23. The van der Waals surface area contributed by atoms with Crippen LogP contribution < -0.4 is 0 Å². The van der Waals surface area contributed by atoms with Gasteiger partial charge in [-0.3, -0.25) is 0 Å². The van der Waals surface area contributed by atoms with Gasteiger partial charge in [-0.15, -0.1) is 0 Å². The van der Waals surface area contributed by atoms with E-state index in [0.717, 1.165) is 17.8 Å². The van der Waals surface area contributed by atoms with Crippen molar-refractivity contribution < 1.29 is 0 Å². The fourth-order valence-electron chi connectivity index (χ4n) is 4.09. The molecule has 0 aromatic heterocycles. The van der Waals surface area contributed by atoms with Crippen molar-refractivity contribution >= 4 is 0 Å². The van der Waals surface area contributed by atoms with Crippen LogP contribution in [0.2, 0.25) is 0 Å². The first-order valence-corrected chi connectivity index (χ1v) is 11.1. The lowest BCUT2D eigenvalue weighted by molar-refractivity contribution is 0.241. The summed E-state index contributed by atoms with van der Waals surface area (Å²) in [6.45, 7) is 13.7. The van der Waals surface area contributed by atoms with E-state index in [9.17, 15) is 0 Å². The molecule has 154 valence electrons. The molecule has 0 rings (SSSR count). The third-order valence-corrected chi connectivity index (χ3v) is 5.70. The Morgan fingerprint density at radius 3 is 1.92 bits per heavy atom. The van der Waals surface area contributed by atoms with E-state index in [1.54, 1.807) is 0 Å². The first-order chi connectivity index (χ1) is 12.2. The van der Waals surface area contributed by atoms with Crippen LogP contribution in [0, 0.1) is 17.8 Å². The monoisotopic (exact) mass is 362 g/mol. The quantitative estimate of drug-likeness (QED) is 0.201. The van der Waals surface area contributed by atoms with Gasteiger partial charge >= 0.3 is 0 Å². The van der Waals surface area contributed by atoms with Gasteiger partial charge in [0.15, 0.2) is 0 Å². The standard InChI is InChI=1S/C25H46.CH4/c1-7-13-16-20-22(11-5)23(12-6)21-25(19-15-9-3)24(17-10-4)18-14-8-2;/h8,10,14,17-18,22-23,25H,7,9,11-13,15-16,19-21H2,1-6H3;1H4/b14-8+,17-10-,24-18+;. The Balaban J connectivity index is 0. The van der Waals surface area contributed by atoms with Crippen LogP contribution in [0.15, 0.2) is 36.0 Å². The number of allylic oxidation sites excluding steroid dienone is 6. The highest BCUT2D eigenvalue weighted by Crippen LogP contribution is 2.35. The molecule has 0 radical (unpaired) electrons. The second-order valence-corrected chi connectivity index (χ2v) is 7.60. The SMILES string of the molecule is C.C\C=C/C(=C\C=C\C)C(CCCC)CC(CC)C(CC)CCCCC. The maximum atomic E-state index is 2.41. The molecule has 3 unspecified atom stereocenters. The van der Waals surface area contributed by atoms with Gasteiger partial charge in [0.1, 0.15) is 0 Å². The molecule has 0 aliphatic carbocycles. The van der Waals surface area contributed by atoms with Crippen molar-refractivity contribution in [2.75, 3.05) is 0 Å². The maximum absolute atomic E-state index is 2.41. The summed E-state index contributed by atoms with van der Waals surface area (Å²) >= 11 is 0. The second kappa shape index (κ2) is 19.0. The molecular weight excluding hydrogens is 312 g/mol. The van der Waals surface area contributed by atoms with E-state index in [1.165, 1.54) is 69.8 Å². The van der Waals surface area contributed by atoms with Gasteiger partial charge in [0.2, 0.25) is 0 Å². The van der Waals surface area contributed by atoms with Gasteiger partial charge < -0.3 is 0 Å². The minimum atomic E-state index is 0.